The number of pyridine rings is 1. The van der Waals surface area contributed by atoms with Gasteiger partial charge < -0.3 is 0 Å². The standard InChI is InChI=1S/C14H18N4S/c1-14(2)7-3-4-11(14)18-12(16-17-13(18)19)10-5-8-15-9-6-10/h5-6,8-9,11H,3-4,7H2,1-2H3,(H,17,19). The lowest BCUT2D eigenvalue weighted by Gasteiger charge is -2.28. The molecule has 1 saturated carbocycles. The van der Waals surface area contributed by atoms with Crippen LogP contribution in [0, 0.1) is 10.2 Å². The molecule has 0 bridgehead atoms. The first-order chi connectivity index (χ1) is 9.09. The van der Waals surface area contributed by atoms with Gasteiger partial charge in [-0.1, -0.05) is 20.3 Å². The predicted molar refractivity (Wildman–Crippen MR) is 77.3 cm³/mol. The molecule has 4 nitrogen and oxygen atoms in total. The highest BCUT2D eigenvalue weighted by molar-refractivity contribution is 7.71. The maximum absolute atomic E-state index is 5.44. The van der Waals surface area contributed by atoms with Crippen LogP contribution < -0.4 is 0 Å². The van der Waals surface area contributed by atoms with Crippen LogP contribution in [0.2, 0.25) is 0 Å². The van der Waals surface area contributed by atoms with Crippen molar-refractivity contribution >= 4 is 12.2 Å². The van der Waals surface area contributed by atoms with Crippen LogP contribution in [0.5, 0.6) is 0 Å². The van der Waals surface area contributed by atoms with Crippen molar-refractivity contribution in [1.29, 1.82) is 0 Å². The third-order valence-electron chi connectivity index (χ3n) is 4.16. The van der Waals surface area contributed by atoms with Gasteiger partial charge in [-0.25, -0.2) is 0 Å². The van der Waals surface area contributed by atoms with Gasteiger partial charge in [0, 0.05) is 24.0 Å². The van der Waals surface area contributed by atoms with E-state index in [-0.39, 0.29) is 5.41 Å². The van der Waals surface area contributed by atoms with Gasteiger partial charge in [0.2, 0.25) is 0 Å². The molecule has 0 saturated heterocycles. The molecular weight excluding hydrogens is 256 g/mol. The number of aromatic nitrogens is 4. The summed E-state index contributed by atoms with van der Waals surface area (Å²) < 4.78 is 2.91. The van der Waals surface area contributed by atoms with Crippen LogP contribution >= 0.6 is 12.2 Å². The highest BCUT2D eigenvalue weighted by Crippen LogP contribution is 2.47. The lowest BCUT2D eigenvalue weighted by Crippen LogP contribution is -2.22. The van der Waals surface area contributed by atoms with Crippen LogP contribution in [-0.4, -0.2) is 19.7 Å². The molecule has 3 rings (SSSR count). The van der Waals surface area contributed by atoms with Crippen LogP contribution in [0.15, 0.2) is 24.5 Å². The van der Waals surface area contributed by atoms with Gasteiger partial charge in [0.25, 0.3) is 0 Å². The molecule has 0 aliphatic heterocycles. The fraction of sp³-hybridized carbons (Fsp3) is 0.500. The van der Waals surface area contributed by atoms with Crippen molar-refractivity contribution in [1.82, 2.24) is 19.7 Å². The van der Waals surface area contributed by atoms with E-state index in [0.29, 0.717) is 10.8 Å². The monoisotopic (exact) mass is 274 g/mol. The van der Waals surface area contributed by atoms with E-state index in [1.807, 2.05) is 12.1 Å². The van der Waals surface area contributed by atoms with Crippen molar-refractivity contribution < 1.29 is 0 Å². The lowest BCUT2D eigenvalue weighted by molar-refractivity contribution is 0.260. The summed E-state index contributed by atoms with van der Waals surface area (Å²) in [5.74, 6) is 0.923. The van der Waals surface area contributed by atoms with Gasteiger partial charge in [-0.05, 0) is 42.6 Å². The summed E-state index contributed by atoms with van der Waals surface area (Å²) in [6, 6.07) is 4.37. The minimum atomic E-state index is 0.268. The molecule has 1 unspecified atom stereocenters. The molecule has 2 heterocycles. The quantitative estimate of drug-likeness (QED) is 0.848. The number of rotatable bonds is 2. The van der Waals surface area contributed by atoms with Gasteiger partial charge >= 0.3 is 0 Å². The van der Waals surface area contributed by atoms with Crippen LogP contribution in [-0.2, 0) is 0 Å². The summed E-state index contributed by atoms with van der Waals surface area (Å²) in [7, 11) is 0. The molecule has 2 aromatic heterocycles. The van der Waals surface area contributed by atoms with E-state index >= 15 is 0 Å². The molecule has 0 spiro atoms. The van der Waals surface area contributed by atoms with Crippen molar-refractivity contribution in [3.8, 4) is 11.4 Å². The zero-order valence-corrected chi connectivity index (χ0v) is 12.1. The van der Waals surface area contributed by atoms with E-state index in [0.717, 1.165) is 11.4 Å². The summed E-state index contributed by atoms with van der Waals surface area (Å²) in [5, 5.41) is 7.36. The third kappa shape index (κ3) is 2.12. The second-order valence-corrected chi connectivity index (χ2v) is 6.24. The Kier molecular flexibility index (Phi) is 3.01. The highest BCUT2D eigenvalue weighted by Gasteiger charge is 2.37. The summed E-state index contributed by atoms with van der Waals surface area (Å²) in [4.78, 5) is 4.06. The van der Waals surface area contributed by atoms with Gasteiger partial charge in [0.15, 0.2) is 10.6 Å². The Morgan fingerprint density at radius 1 is 1.37 bits per heavy atom. The van der Waals surface area contributed by atoms with Crippen LogP contribution in [0.1, 0.15) is 39.2 Å². The van der Waals surface area contributed by atoms with Gasteiger partial charge in [-0.3, -0.25) is 14.6 Å². The van der Waals surface area contributed by atoms with Crippen molar-refractivity contribution in [2.75, 3.05) is 0 Å². The maximum atomic E-state index is 5.44. The Morgan fingerprint density at radius 3 is 2.74 bits per heavy atom. The molecule has 1 fully saturated rings. The van der Waals surface area contributed by atoms with E-state index in [2.05, 4.69) is 33.6 Å². The van der Waals surface area contributed by atoms with Crippen LogP contribution in [0.3, 0.4) is 0 Å². The Balaban J connectivity index is 2.12. The molecule has 0 aromatic carbocycles. The van der Waals surface area contributed by atoms with Gasteiger partial charge in [0.1, 0.15) is 0 Å². The Morgan fingerprint density at radius 2 is 2.11 bits per heavy atom. The average Bonchev–Trinajstić information content (AvgIpc) is 2.93. The molecular formula is C14H18N4S. The van der Waals surface area contributed by atoms with E-state index in [9.17, 15) is 0 Å². The largest absolute Gasteiger partial charge is 0.297 e. The van der Waals surface area contributed by atoms with E-state index in [4.69, 9.17) is 12.2 Å². The second-order valence-electron chi connectivity index (χ2n) is 5.85. The molecule has 100 valence electrons. The number of hydrogen-bond acceptors (Lipinski definition) is 3. The topological polar surface area (TPSA) is 46.5 Å². The first-order valence-electron chi connectivity index (χ1n) is 6.67. The molecule has 5 heteroatoms. The van der Waals surface area contributed by atoms with Gasteiger partial charge in [0.05, 0.1) is 0 Å². The average molecular weight is 274 g/mol. The molecule has 1 N–H and O–H groups in total. The summed E-state index contributed by atoms with van der Waals surface area (Å²) in [6.45, 7) is 4.63. The Labute approximate surface area is 117 Å². The molecule has 0 amide bonds. The zero-order valence-electron chi connectivity index (χ0n) is 11.3. The second kappa shape index (κ2) is 4.56. The number of aromatic amines is 1. The normalized spacial score (nSPS) is 21.7. The van der Waals surface area contributed by atoms with E-state index in [1.54, 1.807) is 12.4 Å². The fourth-order valence-corrected chi connectivity index (χ4v) is 3.34. The van der Waals surface area contributed by atoms with Crippen molar-refractivity contribution in [2.45, 2.75) is 39.2 Å². The Bertz CT molecular complexity index is 626. The van der Waals surface area contributed by atoms with Crippen molar-refractivity contribution in [3.05, 3.63) is 29.3 Å². The highest BCUT2D eigenvalue weighted by atomic mass is 32.1. The maximum Gasteiger partial charge on any atom is 0.195 e. The molecule has 0 radical (unpaired) electrons. The lowest BCUT2D eigenvalue weighted by atomic mass is 9.87. The number of nitrogens with zero attached hydrogens (tertiary/aromatic N) is 3. The first kappa shape index (κ1) is 12.5. The minimum absolute atomic E-state index is 0.268. The molecule has 1 aliphatic carbocycles. The van der Waals surface area contributed by atoms with Crippen molar-refractivity contribution in [2.24, 2.45) is 5.41 Å². The summed E-state index contributed by atoms with van der Waals surface area (Å²) >= 11 is 5.44. The Hall–Kier alpha value is -1.49. The number of hydrogen-bond donors (Lipinski definition) is 1. The van der Waals surface area contributed by atoms with Crippen LogP contribution in [0.25, 0.3) is 11.4 Å². The minimum Gasteiger partial charge on any atom is -0.297 e. The zero-order chi connectivity index (χ0) is 13.5. The molecule has 2 aromatic rings. The molecule has 19 heavy (non-hydrogen) atoms. The van der Waals surface area contributed by atoms with Crippen LogP contribution in [0.4, 0.5) is 0 Å². The number of nitrogens with one attached hydrogen (secondary N) is 1. The van der Waals surface area contributed by atoms with Gasteiger partial charge in [-0.2, -0.15) is 5.10 Å². The molecule has 1 aliphatic rings. The molecule has 1 atom stereocenters. The third-order valence-corrected chi connectivity index (χ3v) is 4.44. The van der Waals surface area contributed by atoms with E-state index in [1.165, 1.54) is 19.3 Å². The number of H-pyrrole nitrogens is 1. The summed E-state index contributed by atoms with van der Waals surface area (Å²) in [5.41, 5.74) is 1.33. The first-order valence-corrected chi connectivity index (χ1v) is 7.08. The van der Waals surface area contributed by atoms with Gasteiger partial charge in [-0.15, -0.1) is 0 Å². The predicted octanol–water partition coefficient (Wildman–Crippen LogP) is 3.75. The van der Waals surface area contributed by atoms with Crippen molar-refractivity contribution in [3.63, 3.8) is 0 Å². The fourth-order valence-electron chi connectivity index (χ4n) is 3.09. The SMILES string of the molecule is CC1(C)CCCC1n1c(-c2ccncc2)n[nH]c1=S. The smallest absolute Gasteiger partial charge is 0.195 e. The van der Waals surface area contributed by atoms with E-state index < -0.39 is 0 Å². The summed E-state index contributed by atoms with van der Waals surface area (Å²) in [6.07, 6.45) is 7.23.